The Bertz CT molecular complexity index is 511. The Morgan fingerprint density at radius 2 is 1.13 bits per heavy atom. The van der Waals surface area contributed by atoms with Gasteiger partial charge in [0.25, 0.3) is 10.1 Å². The van der Waals surface area contributed by atoms with E-state index in [1.807, 2.05) is 0 Å². The highest BCUT2D eigenvalue weighted by molar-refractivity contribution is 7.85. The lowest BCUT2D eigenvalue weighted by atomic mass is 10.1. The normalized spacial score (nSPS) is 11.3. The highest BCUT2D eigenvalue weighted by Crippen LogP contribution is 2.10. The Hall–Kier alpha value is -0.850. The van der Waals surface area contributed by atoms with Crippen molar-refractivity contribution in [1.29, 1.82) is 0 Å². The molecule has 0 atom stereocenters. The van der Waals surface area contributed by atoms with Crippen molar-refractivity contribution in [2.45, 2.75) is 77.6 Å². The van der Waals surface area contributed by atoms with E-state index in [0.717, 1.165) is 12.8 Å². The molecule has 1 N–H and O–H groups in total. The first-order valence-corrected chi connectivity index (χ1v) is 12.9. The van der Waals surface area contributed by atoms with Crippen LogP contribution in [-0.2, 0) is 29.1 Å². The van der Waals surface area contributed by atoms with E-state index in [9.17, 15) is 8.42 Å². The van der Waals surface area contributed by atoms with Gasteiger partial charge in [-0.05, 0) is 6.42 Å². The molecule has 0 fully saturated rings. The highest BCUT2D eigenvalue weighted by atomic mass is 32.2. The van der Waals surface area contributed by atoms with Gasteiger partial charge < -0.3 is 18.9 Å². The minimum Gasteiger partial charge on any atom is -0.444 e. The second-order valence-corrected chi connectivity index (χ2v) is 8.75. The molecule has 30 heavy (non-hydrogen) atoms. The number of hydrogen-bond acceptors (Lipinski definition) is 6. The fraction of sp³-hybridized carbons (Fsp3) is 0.909. The molecule has 0 spiro atoms. The molecule has 0 heterocycles. The van der Waals surface area contributed by atoms with Crippen LogP contribution in [-0.4, -0.2) is 65.0 Å². The van der Waals surface area contributed by atoms with Gasteiger partial charge in [0.05, 0.1) is 45.4 Å². The molecule has 0 aromatic heterocycles. The third-order valence-corrected chi connectivity index (χ3v) is 5.04. The molecule has 0 aromatic carbocycles. The summed E-state index contributed by atoms with van der Waals surface area (Å²) < 4.78 is 50.3. The van der Waals surface area contributed by atoms with Gasteiger partial charge in [-0.15, -0.1) is 0 Å². The first kappa shape index (κ1) is 29.1. The number of ether oxygens (including phenoxy) is 4. The summed E-state index contributed by atoms with van der Waals surface area (Å²) in [5.74, 6) is 2.63. The number of hydrogen-bond donors (Lipinski definition) is 1. The van der Waals surface area contributed by atoms with Crippen molar-refractivity contribution in [3.63, 3.8) is 0 Å². The van der Waals surface area contributed by atoms with E-state index in [0.29, 0.717) is 33.0 Å². The molecule has 0 amide bonds. The van der Waals surface area contributed by atoms with Gasteiger partial charge in [-0.3, -0.25) is 4.55 Å². The van der Waals surface area contributed by atoms with Crippen molar-refractivity contribution in [3.05, 3.63) is 0 Å². The van der Waals surface area contributed by atoms with Crippen molar-refractivity contribution < 1.29 is 31.9 Å². The van der Waals surface area contributed by atoms with Gasteiger partial charge in [0.2, 0.25) is 0 Å². The van der Waals surface area contributed by atoms with Crippen LogP contribution in [0.15, 0.2) is 0 Å². The van der Waals surface area contributed by atoms with E-state index in [1.165, 1.54) is 57.8 Å². The highest BCUT2D eigenvalue weighted by Gasteiger charge is 2.03. The van der Waals surface area contributed by atoms with Crippen molar-refractivity contribution in [3.8, 4) is 12.0 Å². The molecule has 0 aliphatic rings. The van der Waals surface area contributed by atoms with E-state index in [4.69, 9.17) is 23.5 Å². The monoisotopic (exact) mass is 450 g/mol. The Labute approximate surface area is 183 Å². The van der Waals surface area contributed by atoms with Crippen LogP contribution in [0.25, 0.3) is 0 Å². The van der Waals surface area contributed by atoms with Crippen LogP contribution in [0.4, 0.5) is 0 Å². The maximum absolute atomic E-state index is 10.5. The fourth-order valence-electron chi connectivity index (χ4n) is 2.66. The van der Waals surface area contributed by atoms with Crippen LogP contribution in [0.1, 0.15) is 77.6 Å². The minimum absolute atomic E-state index is 0.0454. The molecule has 0 aromatic rings. The van der Waals surface area contributed by atoms with E-state index in [-0.39, 0.29) is 13.2 Å². The summed E-state index contributed by atoms with van der Waals surface area (Å²) in [6, 6.07) is 0. The first-order valence-electron chi connectivity index (χ1n) is 11.3. The second kappa shape index (κ2) is 22.8. The van der Waals surface area contributed by atoms with Crippen LogP contribution in [0, 0.1) is 12.0 Å². The molecule has 0 aliphatic carbocycles. The van der Waals surface area contributed by atoms with E-state index in [2.05, 4.69) is 19.0 Å². The van der Waals surface area contributed by atoms with Gasteiger partial charge >= 0.3 is 0 Å². The van der Waals surface area contributed by atoms with E-state index in [1.54, 1.807) is 0 Å². The molecule has 0 radical (unpaired) electrons. The predicted octanol–water partition coefficient (Wildman–Crippen LogP) is 4.21. The van der Waals surface area contributed by atoms with Crippen LogP contribution in [0.3, 0.4) is 0 Å². The smallest absolute Gasteiger partial charge is 0.267 e. The van der Waals surface area contributed by atoms with Crippen molar-refractivity contribution >= 4 is 10.1 Å². The maximum Gasteiger partial charge on any atom is 0.267 e. The summed E-state index contributed by atoms with van der Waals surface area (Å²) in [7, 11) is -3.96. The lowest BCUT2D eigenvalue weighted by Crippen LogP contribution is -2.14. The standard InChI is InChI=1S/C22H42O7S/c1-2-3-4-5-6-7-8-9-10-11-12-13-14-26-15-16-27-17-18-28-19-20-29-21-22-30(23,24)25/h2-12,15-22H2,1H3,(H,23,24,25). The molecule has 178 valence electrons. The molecule has 7 nitrogen and oxygen atoms in total. The molecule has 0 bridgehead atoms. The minimum atomic E-state index is -3.96. The summed E-state index contributed by atoms with van der Waals surface area (Å²) in [6.45, 7) is 4.58. The maximum atomic E-state index is 10.5. The van der Waals surface area contributed by atoms with Gasteiger partial charge in [-0.25, -0.2) is 0 Å². The van der Waals surface area contributed by atoms with Gasteiger partial charge in [0.1, 0.15) is 12.7 Å². The van der Waals surface area contributed by atoms with Gasteiger partial charge in [-0.2, -0.15) is 8.42 Å². The van der Waals surface area contributed by atoms with Crippen molar-refractivity contribution in [1.82, 2.24) is 0 Å². The average Bonchev–Trinajstić information content (AvgIpc) is 2.70. The van der Waals surface area contributed by atoms with Gasteiger partial charge in [-0.1, -0.05) is 70.6 Å². The molecular formula is C22H42O7S. The SMILES string of the molecule is CCCCCCCCCCCCC#COCCOCCOCCOCCS(=O)(=O)O. The molecular weight excluding hydrogens is 408 g/mol. The zero-order chi connectivity index (χ0) is 22.2. The zero-order valence-electron chi connectivity index (χ0n) is 18.7. The largest absolute Gasteiger partial charge is 0.444 e. The number of unbranched alkanes of at least 4 members (excludes halogenated alkanes) is 10. The Balaban J connectivity index is 3.15. The van der Waals surface area contributed by atoms with Crippen LogP contribution >= 0.6 is 0 Å². The van der Waals surface area contributed by atoms with E-state index >= 15 is 0 Å². The predicted molar refractivity (Wildman–Crippen MR) is 119 cm³/mol. The van der Waals surface area contributed by atoms with Crippen LogP contribution < -0.4 is 0 Å². The van der Waals surface area contributed by atoms with Crippen molar-refractivity contribution in [2.75, 3.05) is 52.0 Å². The molecule has 0 rings (SSSR count). The summed E-state index contributed by atoms with van der Waals surface area (Å²) in [5.41, 5.74) is 0. The van der Waals surface area contributed by atoms with Gasteiger partial charge in [0.15, 0.2) is 0 Å². The Kier molecular flexibility index (Phi) is 22.2. The lowest BCUT2D eigenvalue weighted by Gasteiger charge is -2.06. The lowest BCUT2D eigenvalue weighted by molar-refractivity contribution is 0.00971. The molecule has 0 saturated carbocycles. The zero-order valence-corrected chi connectivity index (χ0v) is 19.6. The second-order valence-electron chi connectivity index (χ2n) is 7.18. The van der Waals surface area contributed by atoms with Crippen molar-refractivity contribution in [2.24, 2.45) is 0 Å². The molecule has 0 saturated heterocycles. The quantitative estimate of drug-likeness (QED) is 0.150. The van der Waals surface area contributed by atoms with Crippen LogP contribution in [0.2, 0.25) is 0 Å². The molecule has 8 heteroatoms. The summed E-state index contributed by atoms with van der Waals surface area (Å²) >= 11 is 0. The first-order chi connectivity index (χ1) is 14.6. The fourth-order valence-corrected chi connectivity index (χ4v) is 2.99. The number of rotatable bonds is 22. The average molecular weight is 451 g/mol. The Morgan fingerprint density at radius 1 is 0.667 bits per heavy atom. The Morgan fingerprint density at radius 3 is 1.67 bits per heavy atom. The third kappa shape index (κ3) is 27.1. The molecule has 0 unspecified atom stereocenters. The molecule has 0 aliphatic heterocycles. The summed E-state index contributed by atoms with van der Waals surface area (Å²) in [5, 5.41) is 0. The third-order valence-electron chi connectivity index (χ3n) is 4.36. The summed E-state index contributed by atoms with van der Waals surface area (Å²) in [6.07, 6.45) is 16.9. The van der Waals surface area contributed by atoms with Gasteiger partial charge in [0, 0.05) is 6.42 Å². The van der Waals surface area contributed by atoms with E-state index < -0.39 is 15.9 Å². The summed E-state index contributed by atoms with van der Waals surface area (Å²) in [4.78, 5) is 0. The topological polar surface area (TPSA) is 91.3 Å². The van der Waals surface area contributed by atoms with Crippen LogP contribution in [0.5, 0.6) is 0 Å².